The summed E-state index contributed by atoms with van der Waals surface area (Å²) >= 11 is 3.54. The number of thiophene rings is 2. The molecule has 0 saturated heterocycles. The summed E-state index contributed by atoms with van der Waals surface area (Å²) in [7, 11) is 0. The second-order valence-corrected chi connectivity index (χ2v) is 8.80. The number of ether oxygens (including phenoxy) is 1. The zero-order valence-corrected chi connectivity index (χ0v) is 15.9. The minimum Gasteiger partial charge on any atom is -0.492 e. The monoisotopic (exact) mass is 381 g/mol. The molecule has 5 heteroatoms. The zero-order valence-electron chi connectivity index (χ0n) is 14.3. The Kier molecular flexibility index (Phi) is 4.06. The predicted octanol–water partition coefficient (Wildman–Crippen LogP) is 4.54. The Hall–Kier alpha value is -2.11. The molecule has 3 nitrogen and oxygen atoms in total. The van der Waals surface area contributed by atoms with Crippen LogP contribution in [0.4, 0.5) is 0 Å². The van der Waals surface area contributed by atoms with Crippen LogP contribution in [-0.2, 0) is 17.6 Å². The summed E-state index contributed by atoms with van der Waals surface area (Å²) < 4.78 is 5.89. The summed E-state index contributed by atoms with van der Waals surface area (Å²) in [5.41, 5.74) is 2.44. The van der Waals surface area contributed by atoms with Gasteiger partial charge in [-0.05, 0) is 52.9 Å². The number of para-hydroxylation sites is 1. The van der Waals surface area contributed by atoms with Gasteiger partial charge in [-0.2, -0.15) is 0 Å². The second kappa shape index (κ2) is 6.56. The molecule has 2 aliphatic rings. The number of carbonyl (C=O) groups excluding carboxylic acids is 1. The molecule has 0 fully saturated rings. The first kappa shape index (κ1) is 16.1. The first-order valence-electron chi connectivity index (χ1n) is 8.92. The van der Waals surface area contributed by atoms with E-state index in [0.717, 1.165) is 30.7 Å². The third kappa shape index (κ3) is 2.66. The molecular formula is C21H19NO2S2. The molecule has 0 saturated carbocycles. The molecule has 2 unspecified atom stereocenters. The van der Waals surface area contributed by atoms with Crippen molar-refractivity contribution in [3.05, 3.63) is 74.1 Å². The van der Waals surface area contributed by atoms with Gasteiger partial charge in [-0.25, -0.2) is 0 Å². The van der Waals surface area contributed by atoms with E-state index in [2.05, 4.69) is 39.9 Å². The van der Waals surface area contributed by atoms with Gasteiger partial charge in [-0.15, -0.1) is 22.7 Å². The Morgan fingerprint density at radius 3 is 2.88 bits per heavy atom. The Bertz CT molecular complexity index is 931. The number of benzene rings is 1. The van der Waals surface area contributed by atoms with Crippen LogP contribution >= 0.6 is 22.7 Å². The van der Waals surface area contributed by atoms with E-state index in [1.54, 1.807) is 11.3 Å². The SMILES string of the molecule is O=C(C1COc2ccccc2C1)N1CCc2sccc2C1c1cccs1. The highest BCUT2D eigenvalue weighted by Gasteiger charge is 2.37. The molecular weight excluding hydrogens is 362 g/mol. The smallest absolute Gasteiger partial charge is 0.230 e. The van der Waals surface area contributed by atoms with Gasteiger partial charge >= 0.3 is 0 Å². The second-order valence-electron chi connectivity index (χ2n) is 6.82. The van der Waals surface area contributed by atoms with Crippen LogP contribution in [0, 0.1) is 5.92 Å². The van der Waals surface area contributed by atoms with E-state index >= 15 is 0 Å². The summed E-state index contributed by atoms with van der Waals surface area (Å²) in [6, 6.07) is 14.5. The number of fused-ring (bicyclic) bond motifs is 2. The largest absolute Gasteiger partial charge is 0.492 e. The lowest BCUT2D eigenvalue weighted by molar-refractivity contribution is -0.139. The van der Waals surface area contributed by atoms with Crippen molar-refractivity contribution in [2.75, 3.05) is 13.2 Å². The Balaban J connectivity index is 1.46. The summed E-state index contributed by atoms with van der Waals surface area (Å²) in [6.45, 7) is 1.26. The predicted molar refractivity (Wildman–Crippen MR) is 105 cm³/mol. The van der Waals surface area contributed by atoms with Crippen molar-refractivity contribution in [1.82, 2.24) is 4.90 Å². The Morgan fingerprint density at radius 1 is 1.08 bits per heavy atom. The minimum absolute atomic E-state index is 0.0506. The summed E-state index contributed by atoms with van der Waals surface area (Å²) in [6.07, 6.45) is 1.71. The van der Waals surface area contributed by atoms with Crippen LogP contribution in [-0.4, -0.2) is 24.0 Å². The van der Waals surface area contributed by atoms with E-state index in [0.29, 0.717) is 6.61 Å². The number of hydrogen-bond donors (Lipinski definition) is 0. The van der Waals surface area contributed by atoms with E-state index in [4.69, 9.17) is 4.74 Å². The van der Waals surface area contributed by atoms with Gasteiger partial charge < -0.3 is 9.64 Å². The summed E-state index contributed by atoms with van der Waals surface area (Å²) in [5.74, 6) is 1.03. The average Bonchev–Trinajstić information content (AvgIpc) is 3.38. The van der Waals surface area contributed by atoms with E-state index < -0.39 is 0 Å². The number of amides is 1. The lowest BCUT2D eigenvalue weighted by atomic mass is 9.92. The molecule has 0 aliphatic carbocycles. The van der Waals surface area contributed by atoms with Gasteiger partial charge in [-0.3, -0.25) is 4.79 Å². The van der Waals surface area contributed by atoms with Gasteiger partial charge in [0.2, 0.25) is 5.91 Å². The highest BCUT2D eigenvalue weighted by molar-refractivity contribution is 7.10. The fourth-order valence-electron chi connectivity index (χ4n) is 4.03. The maximum atomic E-state index is 13.5. The zero-order chi connectivity index (χ0) is 17.5. The quantitative estimate of drug-likeness (QED) is 0.652. The van der Waals surface area contributed by atoms with Gasteiger partial charge in [0, 0.05) is 16.3 Å². The Morgan fingerprint density at radius 2 is 2.00 bits per heavy atom. The molecule has 4 heterocycles. The molecule has 2 aliphatic heterocycles. The van der Waals surface area contributed by atoms with Crippen LogP contribution in [0.15, 0.2) is 53.2 Å². The Labute approximate surface area is 160 Å². The van der Waals surface area contributed by atoms with Crippen LogP contribution in [0.3, 0.4) is 0 Å². The van der Waals surface area contributed by atoms with Gasteiger partial charge in [-0.1, -0.05) is 24.3 Å². The fourth-order valence-corrected chi connectivity index (χ4v) is 5.79. The molecule has 3 aromatic rings. The van der Waals surface area contributed by atoms with Crippen molar-refractivity contribution in [1.29, 1.82) is 0 Å². The van der Waals surface area contributed by atoms with Crippen LogP contribution in [0.25, 0.3) is 0 Å². The number of carbonyl (C=O) groups is 1. The number of nitrogens with zero attached hydrogens (tertiary/aromatic N) is 1. The third-order valence-electron chi connectivity index (χ3n) is 5.29. The fraction of sp³-hybridized carbons (Fsp3) is 0.286. The highest BCUT2D eigenvalue weighted by atomic mass is 32.1. The molecule has 2 atom stereocenters. The van der Waals surface area contributed by atoms with E-state index in [1.165, 1.54) is 15.3 Å². The van der Waals surface area contributed by atoms with Gasteiger partial charge in [0.15, 0.2) is 0 Å². The molecule has 2 aromatic heterocycles. The van der Waals surface area contributed by atoms with E-state index in [9.17, 15) is 4.79 Å². The lowest BCUT2D eigenvalue weighted by Crippen LogP contribution is -2.45. The first-order valence-corrected chi connectivity index (χ1v) is 10.7. The molecule has 1 amide bonds. The lowest BCUT2D eigenvalue weighted by Gasteiger charge is -2.38. The molecule has 5 rings (SSSR count). The molecule has 0 N–H and O–H groups in total. The van der Waals surface area contributed by atoms with Gasteiger partial charge in [0.1, 0.15) is 12.4 Å². The summed E-state index contributed by atoms with van der Waals surface area (Å²) in [5, 5.41) is 4.25. The maximum absolute atomic E-state index is 13.5. The van der Waals surface area contributed by atoms with Crippen molar-refractivity contribution in [3.63, 3.8) is 0 Å². The molecule has 0 bridgehead atoms. The van der Waals surface area contributed by atoms with Crippen molar-refractivity contribution in [2.24, 2.45) is 5.92 Å². The van der Waals surface area contributed by atoms with Gasteiger partial charge in [0.25, 0.3) is 0 Å². The molecule has 132 valence electrons. The maximum Gasteiger partial charge on any atom is 0.230 e. The first-order chi connectivity index (χ1) is 12.8. The van der Waals surface area contributed by atoms with Crippen LogP contribution in [0.1, 0.15) is 26.9 Å². The highest BCUT2D eigenvalue weighted by Crippen LogP contribution is 2.40. The average molecular weight is 382 g/mol. The van der Waals surface area contributed by atoms with Crippen molar-refractivity contribution >= 4 is 28.6 Å². The topological polar surface area (TPSA) is 29.5 Å². The number of rotatable bonds is 2. The summed E-state index contributed by atoms with van der Waals surface area (Å²) in [4.78, 5) is 18.2. The van der Waals surface area contributed by atoms with Gasteiger partial charge in [0.05, 0.1) is 12.0 Å². The van der Waals surface area contributed by atoms with Crippen LogP contribution in [0.2, 0.25) is 0 Å². The third-order valence-corrected chi connectivity index (χ3v) is 7.21. The minimum atomic E-state index is -0.104. The van der Waals surface area contributed by atoms with E-state index in [-0.39, 0.29) is 17.9 Å². The van der Waals surface area contributed by atoms with E-state index in [1.807, 2.05) is 29.5 Å². The molecule has 26 heavy (non-hydrogen) atoms. The molecule has 0 radical (unpaired) electrons. The van der Waals surface area contributed by atoms with Crippen molar-refractivity contribution in [2.45, 2.75) is 18.9 Å². The van der Waals surface area contributed by atoms with Crippen LogP contribution in [0.5, 0.6) is 5.75 Å². The molecule has 1 aromatic carbocycles. The molecule has 0 spiro atoms. The number of hydrogen-bond acceptors (Lipinski definition) is 4. The standard InChI is InChI=1S/C21H19NO2S2/c23-21(15-12-14-4-1-2-5-17(14)24-13-15)22-9-7-18-16(8-11-26-18)20(22)19-6-3-10-25-19/h1-6,8,10-11,15,20H,7,9,12-13H2. The van der Waals surface area contributed by atoms with Crippen LogP contribution < -0.4 is 4.74 Å². The normalized spacial score (nSPS) is 21.6. The van der Waals surface area contributed by atoms with Crippen molar-refractivity contribution in [3.8, 4) is 5.75 Å². The van der Waals surface area contributed by atoms with Crippen molar-refractivity contribution < 1.29 is 9.53 Å².